The van der Waals surface area contributed by atoms with Gasteiger partial charge in [0.1, 0.15) is 5.54 Å². The number of nitrogens with one attached hydrogen (secondary N) is 1. The second-order valence-corrected chi connectivity index (χ2v) is 4.87. The Morgan fingerprint density at radius 3 is 2.56 bits per heavy atom. The number of hydrogen-bond donors (Lipinski definition) is 1. The van der Waals surface area contributed by atoms with Crippen molar-refractivity contribution in [3.63, 3.8) is 0 Å². The van der Waals surface area contributed by atoms with Gasteiger partial charge in [0.2, 0.25) is 0 Å². The van der Waals surface area contributed by atoms with Crippen LogP contribution >= 0.6 is 0 Å². The SMILES string of the molecule is CCCNC(C(=O)OC)(c1ccccc1)C1CC1. The summed E-state index contributed by atoms with van der Waals surface area (Å²) in [7, 11) is 1.47. The smallest absolute Gasteiger partial charge is 0.331 e. The molecule has 1 aromatic rings. The molecule has 0 radical (unpaired) electrons. The Morgan fingerprint density at radius 2 is 2.06 bits per heavy atom. The van der Waals surface area contributed by atoms with E-state index in [4.69, 9.17) is 4.74 Å². The molecule has 1 N–H and O–H groups in total. The fourth-order valence-electron chi connectivity index (χ4n) is 2.54. The molecule has 98 valence electrons. The summed E-state index contributed by atoms with van der Waals surface area (Å²) in [6.07, 6.45) is 3.17. The highest BCUT2D eigenvalue weighted by molar-refractivity contribution is 5.83. The van der Waals surface area contributed by atoms with E-state index in [1.54, 1.807) is 0 Å². The van der Waals surface area contributed by atoms with Crippen molar-refractivity contribution in [2.45, 2.75) is 31.7 Å². The molecule has 1 fully saturated rings. The maximum Gasteiger partial charge on any atom is 0.331 e. The lowest BCUT2D eigenvalue weighted by molar-refractivity contribution is -0.150. The number of carbonyl (C=O) groups excluding carboxylic acids is 1. The van der Waals surface area contributed by atoms with E-state index in [0.29, 0.717) is 5.92 Å². The zero-order chi connectivity index (χ0) is 13.0. The molecular weight excluding hydrogens is 226 g/mol. The van der Waals surface area contributed by atoms with Crippen LogP contribution in [0.3, 0.4) is 0 Å². The minimum atomic E-state index is -0.647. The first-order valence-corrected chi connectivity index (χ1v) is 6.64. The Hall–Kier alpha value is -1.35. The standard InChI is InChI=1S/C15H21NO2/c1-3-11-16-15(13-9-10-13,14(17)18-2)12-7-5-4-6-8-12/h4-8,13,16H,3,9-11H2,1-2H3. The second-order valence-electron chi connectivity index (χ2n) is 4.87. The van der Waals surface area contributed by atoms with Crippen LogP contribution < -0.4 is 5.32 Å². The molecule has 2 rings (SSSR count). The Morgan fingerprint density at radius 1 is 1.39 bits per heavy atom. The first kappa shape index (κ1) is 13.1. The van der Waals surface area contributed by atoms with Crippen LogP contribution in [0.15, 0.2) is 30.3 Å². The summed E-state index contributed by atoms with van der Waals surface area (Å²) in [5, 5.41) is 3.44. The zero-order valence-corrected chi connectivity index (χ0v) is 11.1. The van der Waals surface area contributed by atoms with E-state index in [-0.39, 0.29) is 5.97 Å². The number of benzene rings is 1. The van der Waals surface area contributed by atoms with Crippen LogP contribution in [0.25, 0.3) is 0 Å². The Labute approximate surface area is 109 Å². The van der Waals surface area contributed by atoms with Gasteiger partial charge in [-0.1, -0.05) is 37.3 Å². The third-order valence-electron chi connectivity index (χ3n) is 3.58. The highest BCUT2D eigenvalue weighted by atomic mass is 16.5. The molecular formula is C15H21NO2. The molecule has 1 saturated carbocycles. The molecule has 1 aromatic carbocycles. The minimum Gasteiger partial charge on any atom is -0.467 e. The summed E-state index contributed by atoms with van der Waals surface area (Å²) in [5.74, 6) is 0.198. The summed E-state index contributed by atoms with van der Waals surface area (Å²) in [5.41, 5.74) is 0.374. The molecule has 3 heteroatoms. The maximum atomic E-state index is 12.3. The van der Waals surface area contributed by atoms with E-state index in [9.17, 15) is 4.79 Å². The number of rotatable bonds is 6. The zero-order valence-electron chi connectivity index (χ0n) is 11.1. The first-order chi connectivity index (χ1) is 8.75. The van der Waals surface area contributed by atoms with Crippen molar-refractivity contribution in [3.8, 4) is 0 Å². The third kappa shape index (κ3) is 2.27. The molecule has 1 aliphatic carbocycles. The number of esters is 1. The predicted molar refractivity (Wildman–Crippen MR) is 71.2 cm³/mol. The third-order valence-corrected chi connectivity index (χ3v) is 3.58. The topological polar surface area (TPSA) is 38.3 Å². The van der Waals surface area contributed by atoms with Crippen molar-refractivity contribution >= 4 is 5.97 Å². The normalized spacial score (nSPS) is 18.1. The van der Waals surface area contributed by atoms with Crippen molar-refractivity contribution in [3.05, 3.63) is 35.9 Å². The van der Waals surface area contributed by atoms with Gasteiger partial charge in [0.05, 0.1) is 7.11 Å². The van der Waals surface area contributed by atoms with Gasteiger partial charge >= 0.3 is 5.97 Å². The quantitative estimate of drug-likeness (QED) is 0.785. The molecule has 1 unspecified atom stereocenters. The average Bonchev–Trinajstić information content (AvgIpc) is 3.25. The van der Waals surface area contributed by atoms with Crippen molar-refractivity contribution in [1.82, 2.24) is 5.32 Å². The number of hydrogen-bond acceptors (Lipinski definition) is 3. The molecule has 0 heterocycles. The highest BCUT2D eigenvalue weighted by Gasteiger charge is 2.52. The Balaban J connectivity index is 2.39. The number of carbonyl (C=O) groups is 1. The Bertz CT molecular complexity index is 400. The molecule has 18 heavy (non-hydrogen) atoms. The van der Waals surface area contributed by atoms with E-state index in [2.05, 4.69) is 12.2 Å². The summed E-state index contributed by atoms with van der Waals surface area (Å²) in [4.78, 5) is 12.3. The van der Waals surface area contributed by atoms with Crippen molar-refractivity contribution in [2.24, 2.45) is 5.92 Å². The summed E-state index contributed by atoms with van der Waals surface area (Å²) < 4.78 is 5.07. The largest absolute Gasteiger partial charge is 0.467 e. The molecule has 0 saturated heterocycles. The van der Waals surface area contributed by atoms with Gasteiger partial charge in [-0.2, -0.15) is 0 Å². The second kappa shape index (κ2) is 5.53. The van der Waals surface area contributed by atoms with E-state index >= 15 is 0 Å². The molecule has 3 nitrogen and oxygen atoms in total. The minimum absolute atomic E-state index is 0.162. The maximum absolute atomic E-state index is 12.3. The van der Waals surface area contributed by atoms with Crippen molar-refractivity contribution in [2.75, 3.05) is 13.7 Å². The Kier molecular flexibility index (Phi) is 4.02. The van der Waals surface area contributed by atoms with E-state index in [0.717, 1.165) is 31.4 Å². The van der Waals surface area contributed by atoms with Gasteiger partial charge in [0.25, 0.3) is 0 Å². The van der Waals surface area contributed by atoms with Gasteiger partial charge in [0.15, 0.2) is 0 Å². The van der Waals surface area contributed by atoms with Crippen molar-refractivity contribution < 1.29 is 9.53 Å². The van der Waals surface area contributed by atoms with Gasteiger partial charge in [-0.25, -0.2) is 4.79 Å². The van der Waals surface area contributed by atoms with Crippen LogP contribution in [0.2, 0.25) is 0 Å². The molecule has 1 atom stereocenters. The monoisotopic (exact) mass is 247 g/mol. The lowest BCUT2D eigenvalue weighted by Crippen LogP contribution is -2.52. The average molecular weight is 247 g/mol. The van der Waals surface area contributed by atoms with Gasteiger partial charge in [-0.05, 0) is 37.3 Å². The fraction of sp³-hybridized carbons (Fsp3) is 0.533. The lowest BCUT2D eigenvalue weighted by atomic mass is 9.84. The van der Waals surface area contributed by atoms with E-state index < -0.39 is 5.54 Å². The van der Waals surface area contributed by atoms with Crippen LogP contribution in [-0.4, -0.2) is 19.6 Å². The van der Waals surface area contributed by atoms with Gasteiger partial charge < -0.3 is 4.74 Å². The molecule has 0 bridgehead atoms. The summed E-state index contributed by atoms with van der Waals surface area (Å²) in [6, 6.07) is 9.94. The number of methoxy groups -OCH3 is 1. The first-order valence-electron chi connectivity index (χ1n) is 6.64. The van der Waals surface area contributed by atoms with Crippen LogP contribution in [0.5, 0.6) is 0 Å². The molecule has 0 aromatic heterocycles. The molecule has 1 aliphatic rings. The van der Waals surface area contributed by atoms with Crippen LogP contribution in [0, 0.1) is 5.92 Å². The van der Waals surface area contributed by atoms with Crippen LogP contribution in [-0.2, 0) is 15.1 Å². The van der Waals surface area contributed by atoms with Crippen LogP contribution in [0.1, 0.15) is 31.7 Å². The van der Waals surface area contributed by atoms with Crippen molar-refractivity contribution in [1.29, 1.82) is 0 Å². The summed E-state index contributed by atoms with van der Waals surface area (Å²) >= 11 is 0. The van der Waals surface area contributed by atoms with Crippen LogP contribution in [0.4, 0.5) is 0 Å². The van der Waals surface area contributed by atoms with Gasteiger partial charge in [-0.15, -0.1) is 0 Å². The molecule has 0 spiro atoms. The van der Waals surface area contributed by atoms with E-state index in [1.165, 1.54) is 7.11 Å². The molecule has 0 amide bonds. The summed E-state index contributed by atoms with van der Waals surface area (Å²) in [6.45, 7) is 2.92. The van der Waals surface area contributed by atoms with E-state index in [1.807, 2.05) is 30.3 Å². The fourth-order valence-corrected chi connectivity index (χ4v) is 2.54. The molecule has 0 aliphatic heterocycles. The predicted octanol–water partition coefficient (Wildman–Crippen LogP) is 2.46. The highest BCUT2D eigenvalue weighted by Crippen LogP contribution is 2.46. The van der Waals surface area contributed by atoms with Gasteiger partial charge in [-0.3, -0.25) is 5.32 Å². The lowest BCUT2D eigenvalue weighted by Gasteiger charge is -2.33. The number of ether oxygens (including phenoxy) is 1. The van der Waals surface area contributed by atoms with Gasteiger partial charge in [0, 0.05) is 0 Å².